The van der Waals surface area contributed by atoms with E-state index in [4.69, 9.17) is 4.74 Å². The molecule has 0 bridgehead atoms. The van der Waals surface area contributed by atoms with E-state index in [-0.39, 0.29) is 12.0 Å². The van der Waals surface area contributed by atoms with Crippen LogP contribution in [0.3, 0.4) is 0 Å². The Labute approximate surface area is 141 Å². The Morgan fingerprint density at radius 2 is 2.29 bits per heavy atom. The van der Waals surface area contributed by atoms with Gasteiger partial charge in [-0.3, -0.25) is 9.48 Å². The van der Waals surface area contributed by atoms with Crippen LogP contribution in [0.2, 0.25) is 0 Å². The second kappa shape index (κ2) is 6.90. The van der Waals surface area contributed by atoms with Crippen molar-refractivity contribution in [1.29, 1.82) is 0 Å². The van der Waals surface area contributed by atoms with E-state index in [9.17, 15) is 4.79 Å². The van der Waals surface area contributed by atoms with Gasteiger partial charge in [-0.15, -0.1) is 0 Å². The highest BCUT2D eigenvalue weighted by Gasteiger charge is 2.28. The Morgan fingerprint density at radius 1 is 1.46 bits per heavy atom. The number of likely N-dealkylation sites (tertiary alicyclic amines) is 1. The van der Waals surface area contributed by atoms with Crippen molar-refractivity contribution in [1.82, 2.24) is 19.7 Å². The largest absolute Gasteiger partial charge is 0.485 e. The van der Waals surface area contributed by atoms with Gasteiger partial charge in [0.1, 0.15) is 6.10 Å². The van der Waals surface area contributed by atoms with Gasteiger partial charge in [-0.2, -0.15) is 5.10 Å². The predicted molar refractivity (Wildman–Crippen MR) is 91.1 cm³/mol. The first kappa shape index (κ1) is 16.3. The molecule has 7 heteroatoms. The Balaban J connectivity index is 1.58. The molecule has 1 unspecified atom stereocenters. The molecule has 2 aromatic rings. The highest BCUT2D eigenvalue weighted by Crippen LogP contribution is 2.26. The van der Waals surface area contributed by atoms with Gasteiger partial charge in [-0.1, -0.05) is 0 Å². The van der Waals surface area contributed by atoms with Gasteiger partial charge in [0.25, 0.3) is 0 Å². The summed E-state index contributed by atoms with van der Waals surface area (Å²) in [5.41, 5.74) is 0.939. The van der Waals surface area contributed by atoms with Crippen LogP contribution >= 0.6 is 0 Å². The molecule has 3 rings (SSSR count). The number of nitrogens with zero attached hydrogens (tertiary/aromatic N) is 5. The number of carbonyl (C=O) groups excluding carboxylic acids is 1. The number of ether oxygens (including phenoxy) is 1. The van der Waals surface area contributed by atoms with Crippen LogP contribution in [0.25, 0.3) is 0 Å². The van der Waals surface area contributed by atoms with Crippen molar-refractivity contribution < 1.29 is 9.53 Å². The summed E-state index contributed by atoms with van der Waals surface area (Å²) in [6.45, 7) is 1.34. The SMILES string of the molecule is CN(C)c1ncccc1OC1CCN(C(=O)Cc2cnn(C)c2)C1. The summed E-state index contributed by atoms with van der Waals surface area (Å²) in [5, 5.41) is 4.10. The summed E-state index contributed by atoms with van der Waals surface area (Å²) < 4.78 is 7.80. The van der Waals surface area contributed by atoms with Crippen molar-refractivity contribution >= 4 is 11.7 Å². The molecule has 1 saturated heterocycles. The van der Waals surface area contributed by atoms with Crippen molar-refractivity contribution in [3.63, 3.8) is 0 Å². The lowest BCUT2D eigenvalue weighted by atomic mass is 10.2. The molecule has 1 fully saturated rings. The lowest BCUT2D eigenvalue weighted by Gasteiger charge is -2.20. The van der Waals surface area contributed by atoms with Crippen LogP contribution in [0, 0.1) is 0 Å². The third-order valence-corrected chi connectivity index (χ3v) is 4.08. The minimum atomic E-state index is 0.00532. The fourth-order valence-corrected chi connectivity index (χ4v) is 2.89. The van der Waals surface area contributed by atoms with Gasteiger partial charge >= 0.3 is 0 Å². The molecule has 1 atom stereocenters. The molecule has 1 amide bonds. The molecular formula is C17H23N5O2. The Bertz CT molecular complexity index is 713. The number of anilines is 1. The molecule has 2 aromatic heterocycles. The smallest absolute Gasteiger partial charge is 0.227 e. The van der Waals surface area contributed by atoms with Crippen LogP contribution in [-0.2, 0) is 18.3 Å². The molecule has 1 aliphatic rings. The first-order chi connectivity index (χ1) is 11.5. The Hall–Kier alpha value is -2.57. The standard InChI is InChI=1S/C17H23N5O2/c1-20(2)17-15(5-4-7-18-17)24-14-6-8-22(12-14)16(23)9-13-10-19-21(3)11-13/h4-5,7,10-11,14H,6,8-9,12H2,1-3H3. The van der Waals surface area contributed by atoms with Crippen LogP contribution in [0.15, 0.2) is 30.7 Å². The topological polar surface area (TPSA) is 63.5 Å². The van der Waals surface area contributed by atoms with Crippen LogP contribution in [0.1, 0.15) is 12.0 Å². The quantitative estimate of drug-likeness (QED) is 0.822. The fourth-order valence-electron chi connectivity index (χ4n) is 2.89. The van der Waals surface area contributed by atoms with E-state index in [1.165, 1.54) is 0 Å². The zero-order valence-electron chi connectivity index (χ0n) is 14.3. The van der Waals surface area contributed by atoms with Crippen molar-refractivity contribution in [3.8, 4) is 5.75 Å². The lowest BCUT2D eigenvalue weighted by Crippen LogP contribution is -2.32. The molecule has 128 valence electrons. The van der Waals surface area contributed by atoms with E-state index in [1.807, 2.05) is 49.3 Å². The number of rotatable bonds is 5. The summed E-state index contributed by atoms with van der Waals surface area (Å²) in [4.78, 5) is 20.5. The minimum Gasteiger partial charge on any atom is -0.485 e. The van der Waals surface area contributed by atoms with Gasteiger partial charge in [-0.05, 0) is 17.7 Å². The van der Waals surface area contributed by atoms with Crippen molar-refractivity contribution in [2.75, 3.05) is 32.1 Å². The van der Waals surface area contributed by atoms with Crippen LogP contribution in [-0.4, -0.2) is 58.9 Å². The molecular weight excluding hydrogens is 306 g/mol. The zero-order valence-corrected chi connectivity index (χ0v) is 14.3. The maximum atomic E-state index is 12.4. The van der Waals surface area contributed by atoms with Gasteiger partial charge in [0.15, 0.2) is 11.6 Å². The van der Waals surface area contributed by atoms with Gasteiger partial charge < -0.3 is 14.5 Å². The van der Waals surface area contributed by atoms with Crippen LogP contribution < -0.4 is 9.64 Å². The second-order valence-corrected chi connectivity index (χ2v) is 6.29. The Kier molecular flexibility index (Phi) is 4.69. The van der Waals surface area contributed by atoms with E-state index in [1.54, 1.807) is 17.1 Å². The first-order valence-corrected chi connectivity index (χ1v) is 8.07. The molecule has 0 aliphatic carbocycles. The molecule has 1 aliphatic heterocycles. The number of hydrogen-bond donors (Lipinski definition) is 0. The maximum Gasteiger partial charge on any atom is 0.227 e. The third kappa shape index (κ3) is 3.67. The van der Waals surface area contributed by atoms with Gasteiger partial charge in [0.05, 0.1) is 19.2 Å². The number of pyridine rings is 1. The van der Waals surface area contributed by atoms with Gasteiger partial charge in [0, 0.05) is 46.5 Å². The van der Waals surface area contributed by atoms with Crippen molar-refractivity contribution in [2.24, 2.45) is 7.05 Å². The van der Waals surface area contributed by atoms with E-state index in [2.05, 4.69) is 10.1 Å². The molecule has 24 heavy (non-hydrogen) atoms. The molecule has 7 nitrogen and oxygen atoms in total. The monoisotopic (exact) mass is 329 g/mol. The normalized spacial score (nSPS) is 17.1. The first-order valence-electron chi connectivity index (χ1n) is 8.07. The predicted octanol–water partition coefficient (Wildman–Crippen LogP) is 1.10. The highest BCUT2D eigenvalue weighted by molar-refractivity contribution is 5.79. The van der Waals surface area contributed by atoms with E-state index < -0.39 is 0 Å². The fraction of sp³-hybridized carbons (Fsp3) is 0.471. The minimum absolute atomic E-state index is 0.00532. The summed E-state index contributed by atoms with van der Waals surface area (Å²) in [7, 11) is 5.73. The summed E-state index contributed by atoms with van der Waals surface area (Å²) >= 11 is 0. The molecule has 0 aromatic carbocycles. The maximum absolute atomic E-state index is 12.4. The highest BCUT2D eigenvalue weighted by atomic mass is 16.5. The van der Waals surface area contributed by atoms with Crippen LogP contribution in [0.4, 0.5) is 5.82 Å². The molecule has 0 radical (unpaired) electrons. The van der Waals surface area contributed by atoms with Crippen molar-refractivity contribution in [3.05, 3.63) is 36.3 Å². The zero-order chi connectivity index (χ0) is 17.1. The molecule has 0 spiro atoms. The number of aromatic nitrogens is 3. The van der Waals surface area contributed by atoms with Crippen molar-refractivity contribution in [2.45, 2.75) is 18.9 Å². The van der Waals surface area contributed by atoms with Gasteiger partial charge in [-0.25, -0.2) is 4.98 Å². The average molecular weight is 329 g/mol. The number of amides is 1. The second-order valence-electron chi connectivity index (χ2n) is 6.29. The number of hydrogen-bond acceptors (Lipinski definition) is 5. The van der Waals surface area contributed by atoms with Crippen LogP contribution in [0.5, 0.6) is 5.75 Å². The lowest BCUT2D eigenvalue weighted by molar-refractivity contribution is -0.129. The van der Waals surface area contributed by atoms with E-state index in [0.717, 1.165) is 30.1 Å². The number of carbonyl (C=O) groups is 1. The van der Waals surface area contributed by atoms with E-state index >= 15 is 0 Å². The summed E-state index contributed by atoms with van der Waals surface area (Å²) in [6.07, 6.45) is 6.59. The van der Waals surface area contributed by atoms with E-state index in [0.29, 0.717) is 13.0 Å². The molecule has 0 saturated carbocycles. The number of aryl methyl sites for hydroxylation is 1. The average Bonchev–Trinajstić information content (AvgIpc) is 3.17. The summed E-state index contributed by atoms with van der Waals surface area (Å²) in [5.74, 6) is 1.68. The summed E-state index contributed by atoms with van der Waals surface area (Å²) in [6, 6.07) is 3.78. The molecule has 3 heterocycles. The molecule has 0 N–H and O–H groups in total. The Morgan fingerprint density at radius 3 is 3.00 bits per heavy atom. The third-order valence-electron chi connectivity index (χ3n) is 4.08. The van der Waals surface area contributed by atoms with Gasteiger partial charge in [0.2, 0.25) is 5.91 Å².